The average molecular weight is 384 g/mol. The Balaban J connectivity index is 3.48. The zero-order chi connectivity index (χ0) is 20.2. The number of unbranched alkanes of at least 4 members (excludes halogenated alkanes) is 11. The van der Waals surface area contributed by atoms with Crippen LogP contribution in [0.1, 0.15) is 96.8 Å². The Morgan fingerprint density at radius 3 is 1.96 bits per heavy atom. The summed E-state index contributed by atoms with van der Waals surface area (Å²) in [5, 5.41) is 9.29. The number of carbonyl (C=O) groups is 1. The van der Waals surface area contributed by atoms with Gasteiger partial charge in [0.15, 0.2) is 0 Å². The number of hydrogen-bond donors (Lipinski definition) is 1. The minimum absolute atomic E-state index is 0.0606. The molecule has 0 aromatic carbocycles. The molecule has 0 aliphatic heterocycles. The van der Waals surface area contributed by atoms with E-state index in [-0.39, 0.29) is 18.6 Å². The van der Waals surface area contributed by atoms with Gasteiger partial charge in [0.05, 0.1) is 19.3 Å². The molecule has 0 fully saturated rings. The summed E-state index contributed by atoms with van der Waals surface area (Å²) in [7, 11) is 3.32. The number of carbonyl (C=O) groups excluding carboxylic acids is 1. The zero-order valence-corrected chi connectivity index (χ0v) is 18.3. The second-order valence-electron chi connectivity index (χ2n) is 7.63. The molecule has 0 aromatic rings. The molecule has 0 aromatic heterocycles. The zero-order valence-electron chi connectivity index (χ0n) is 18.3. The van der Waals surface area contributed by atoms with Gasteiger partial charge in [0.2, 0.25) is 5.91 Å². The Morgan fingerprint density at radius 2 is 1.44 bits per heavy atom. The molecule has 0 saturated heterocycles. The fourth-order valence-corrected chi connectivity index (χ4v) is 3.23. The van der Waals surface area contributed by atoms with Gasteiger partial charge in [0.25, 0.3) is 0 Å². The number of allylic oxidation sites excluding steroid dienone is 2. The van der Waals surface area contributed by atoms with Crippen molar-refractivity contribution in [2.24, 2.45) is 0 Å². The van der Waals surface area contributed by atoms with E-state index in [2.05, 4.69) is 19.1 Å². The Hall–Kier alpha value is -0.870. The van der Waals surface area contributed by atoms with E-state index in [1.165, 1.54) is 70.6 Å². The highest BCUT2D eigenvalue weighted by Crippen LogP contribution is 2.12. The first-order chi connectivity index (χ1) is 13.2. The number of hydrogen-bond acceptors (Lipinski definition) is 3. The van der Waals surface area contributed by atoms with E-state index in [1.54, 1.807) is 19.1 Å². The van der Waals surface area contributed by atoms with Crippen molar-refractivity contribution in [3.05, 3.63) is 12.2 Å². The molecule has 0 spiro atoms. The van der Waals surface area contributed by atoms with Crippen LogP contribution in [0.15, 0.2) is 12.2 Å². The molecular weight excluding hydrogens is 338 g/mol. The van der Waals surface area contributed by atoms with Crippen LogP contribution in [0.5, 0.6) is 0 Å². The summed E-state index contributed by atoms with van der Waals surface area (Å²) in [6, 6.07) is -0.247. The Morgan fingerprint density at radius 1 is 0.926 bits per heavy atom. The highest BCUT2D eigenvalue weighted by molar-refractivity contribution is 5.76. The van der Waals surface area contributed by atoms with Gasteiger partial charge in [0, 0.05) is 20.6 Å². The summed E-state index contributed by atoms with van der Waals surface area (Å²) in [6.45, 7) is 2.57. The van der Waals surface area contributed by atoms with E-state index < -0.39 is 0 Å². The van der Waals surface area contributed by atoms with Crippen LogP contribution in [0, 0.1) is 0 Å². The maximum Gasteiger partial charge on any atom is 0.223 e. The Bertz CT molecular complexity index is 358. The molecule has 27 heavy (non-hydrogen) atoms. The number of likely N-dealkylation sites (N-methyl/N-ethyl adjacent to an activating group) is 1. The summed E-state index contributed by atoms with van der Waals surface area (Å²) in [5.74, 6) is 0.0606. The van der Waals surface area contributed by atoms with Gasteiger partial charge in [-0.05, 0) is 19.3 Å². The topological polar surface area (TPSA) is 49.8 Å². The molecule has 1 unspecified atom stereocenters. The predicted molar refractivity (Wildman–Crippen MR) is 115 cm³/mol. The van der Waals surface area contributed by atoms with Crippen LogP contribution in [0.2, 0.25) is 0 Å². The molecule has 1 atom stereocenters. The van der Waals surface area contributed by atoms with Crippen molar-refractivity contribution in [3.8, 4) is 0 Å². The van der Waals surface area contributed by atoms with Crippen LogP contribution in [-0.2, 0) is 9.53 Å². The molecule has 0 bridgehead atoms. The standard InChI is InChI=1S/C23H45NO3/c1-4-5-6-7-8-9-10-11-12-13-14-15-16-17-18-19-23(26)24(2)22(20-25)21-27-3/h16-17,22,25H,4-15,18-21H2,1-3H3. The summed E-state index contributed by atoms with van der Waals surface area (Å²) in [6.07, 6.45) is 21.8. The van der Waals surface area contributed by atoms with Crippen molar-refractivity contribution < 1.29 is 14.6 Å². The van der Waals surface area contributed by atoms with E-state index in [1.807, 2.05) is 0 Å². The maximum absolute atomic E-state index is 12.1. The van der Waals surface area contributed by atoms with Crippen molar-refractivity contribution in [2.75, 3.05) is 27.4 Å². The lowest BCUT2D eigenvalue weighted by Crippen LogP contribution is -2.42. The molecule has 0 aliphatic carbocycles. The van der Waals surface area contributed by atoms with E-state index >= 15 is 0 Å². The normalized spacial score (nSPS) is 12.6. The van der Waals surface area contributed by atoms with Gasteiger partial charge in [0.1, 0.15) is 0 Å². The first-order valence-corrected chi connectivity index (χ1v) is 11.2. The van der Waals surface area contributed by atoms with Gasteiger partial charge in [-0.3, -0.25) is 4.79 Å². The molecule has 0 heterocycles. The summed E-state index contributed by atoms with van der Waals surface area (Å²) < 4.78 is 5.03. The average Bonchev–Trinajstić information content (AvgIpc) is 2.68. The third-order valence-electron chi connectivity index (χ3n) is 5.18. The van der Waals surface area contributed by atoms with E-state index in [0.717, 1.165) is 12.8 Å². The fourth-order valence-electron chi connectivity index (χ4n) is 3.23. The van der Waals surface area contributed by atoms with Gasteiger partial charge in [-0.25, -0.2) is 0 Å². The van der Waals surface area contributed by atoms with Crippen LogP contribution >= 0.6 is 0 Å². The number of aliphatic hydroxyl groups is 1. The van der Waals surface area contributed by atoms with E-state index in [9.17, 15) is 9.90 Å². The van der Waals surface area contributed by atoms with Crippen molar-refractivity contribution in [3.63, 3.8) is 0 Å². The monoisotopic (exact) mass is 383 g/mol. The second kappa shape index (κ2) is 19.9. The van der Waals surface area contributed by atoms with Gasteiger partial charge >= 0.3 is 0 Å². The molecule has 1 N–H and O–H groups in total. The lowest BCUT2D eigenvalue weighted by molar-refractivity contribution is -0.133. The number of aliphatic hydroxyl groups excluding tert-OH is 1. The summed E-state index contributed by atoms with van der Waals surface area (Å²) in [4.78, 5) is 13.7. The van der Waals surface area contributed by atoms with Gasteiger partial charge in [-0.1, -0.05) is 83.3 Å². The van der Waals surface area contributed by atoms with E-state index in [4.69, 9.17) is 4.74 Å². The summed E-state index contributed by atoms with van der Waals surface area (Å²) in [5.41, 5.74) is 0. The smallest absolute Gasteiger partial charge is 0.223 e. The van der Waals surface area contributed by atoms with Crippen LogP contribution < -0.4 is 0 Å². The molecule has 4 heteroatoms. The number of nitrogens with zero attached hydrogens (tertiary/aromatic N) is 1. The molecular formula is C23H45NO3. The van der Waals surface area contributed by atoms with Crippen LogP contribution in [0.25, 0.3) is 0 Å². The maximum atomic E-state index is 12.1. The van der Waals surface area contributed by atoms with Crippen molar-refractivity contribution in [1.29, 1.82) is 0 Å². The Kier molecular flexibility index (Phi) is 19.2. The minimum atomic E-state index is -0.247. The molecule has 4 nitrogen and oxygen atoms in total. The largest absolute Gasteiger partial charge is 0.394 e. The third kappa shape index (κ3) is 15.8. The van der Waals surface area contributed by atoms with Gasteiger partial charge in [-0.2, -0.15) is 0 Å². The number of rotatable bonds is 19. The molecule has 0 saturated carbocycles. The molecule has 1 amide bonds. The van der Waals surface area contributed by atoms with Crippen molar-refractivity contribution in [1.82, 2.24) is 4.90 Å². The number of amides is 1. The first kappa shape index (κ1) is 26.1. The molecule has 0 radical (unpaired) electrons. The van der Waals surface area contributed by atoms with Crippen molar-refractivity contribution in [2.45, 2.75) is 103 Å². The fraction of sp³-hybridized carbons (Fsp3) is 0.870. The Labute approximate surface area is 168 Å². The lowest BCUT2D eigenvalue weighted by atomic mass is 10.1. The second-order valence-corrected chi connectivity index (χ2v) is 7.63. The predicted octanol–water partition coefficient (Wildman–Crippen LogP) is 5.49. The SMILES string of the molecule is CCCCCCCCCCCCCC=CCCC(=O)N(C)C(CO)COC. The number of ether oxygens (including phenoxy) is 1. The first-order valence-electron chi connectivity index (χ1n) is 11.2. The number of methoxy groups -OCH3 is 1. The van der Waals surface area contributed by atoms with Crippen LogP contribution in [0.3, 0.4) is 0 Å². The lowest BCUT2D eigenvalue weighted by Gasteiger charge is -2.25. The molecule has 0 aliphatic rings. The van der Waals surface area contributed by atoms with Crippen molar-refractivity contribution >= 4 is 5.91 Å². The van der Waals surface area contributed by atoms with E-state index in [0.29, 0.717) is 13.0 Å². The quantitative estimate of drug-likeness (QED) is 0.237. The molecule has 160 valence electrons. The van der Waals surface area contributed by atoms with Gasteiger partial charge in [-0.15, -0.1) is 0 Å². The minimum Gasteiger partial charge on any atom is -0.394 e. The molecule has 0 rings (SSSR count). The highest BCUT2D eigenvalue weighted by atomic mass is 16.5. The highest BCUT2D eigenvalue weighted by Gasteiger charge is 2.18. The van der Waals surface area contributed by atoms with Crippen LogP contribution in [0.4, 0.5) is 0 Å². The third-order valence-corrected chi connectivity index (χ3v) is 5.18. The van der Waals surface area contributed by atoms with Crippen LogP contribution in [-0.4, -0.2) is 49.3 Å². The van der Waals surface area contributed by atoms with Gasteiger partial charge < -0.3 is 14.7 Å². The summed E-state index contributed by atoms with van der Waals surface area (Å²) >= 11 is 0.